The summed E-state index contributed by atoms with van der Waals surface area (Å²) in [5.41, 5.74) is 6.91. The summed E-state index contributed by atoms with van der Waals surface area (Å²) in [6, 6.07) is 3.84. The van der Waals surface area contributed by atoms with E-state index in [1.807, 2.05) is 19.1 Å². The highest BCUT2D eigenvalue weighted by molar-refractivity contribution is 5.77. The normalized spacial score (nSPS) is 10.8. The molecule has 62 valence electrons. The predicted molar refractivity (Wildman–Crippen MR) is 47.8 cm³/mol. The van der Waals surface area contributed by atoms with Crippen molar-refractivity contribution in [1.29, 1.82) is 0 Å². The molecule has 0 spiro atoms. The van der Waals surface area contributed by atoms with Gasteiger partial charge >= 0.3 is 0 Å². The molecule has 2 aromatic heterocycles. The second-order valence-corrected chi connectivity index (χ2v) is 2.73. The first-order valence-electron chi connectivity index (χ1n) is 3.93. The molecular formula is C9H10N2O. The van der Waals surface area contributed by atoms with Crippen molar-refractivity contribution < 1.29 is 4.42 Å². The smallest absolute Gasteiger partial charge is 0.226 e. The van der Waals surface area contributed by atoms with E-state index in [2.05, 4.69) is 4.98 Å². The molecule has 0 bridgehead atoms. The van der Waals surface area contributed by atoms with Gasteiger partial charge in [0.05, 0.1) is 11.9 Å². The van der Waals surface area contributed by atoms with Gasteiger partial charge in [0.1, 0.15) is 5.76 Å². The SMILES string of the molecule is CCc1cc2cc(N)cnc2o1. The number of fused-ring (bicyclic) bond motifs is 1. The molecule has 0 radical (unpaired) electrons. The summed E-state index contributed by atoms with van der Waals surface area (Å²) >= 11 is 0. The maximum absolute atomic E-state index is 5.57. The van der Waals surface area contributed by atoms with E-state index in [1.54, 1.807) is 6.20 Å². The minimum Gasteiger partial charge on any atom is -0.443 e. The van der Waals surface area contributed by atoms with Crippen LogP contribution in [0.1, 0.15) is 12.7 Å². The Balaban J connectivity index is 2.67. The van der Waals surface area contributed by atoms with Crippen molar-refractivity contribution >= 4 is 16.8 Å². The number of aromatic nitrogens is 1. The zero-order valence-corrected chi connectivity index (χ0v) is 6.87. The van der Waals surface area contributed by atoms with E-state index in [1.165, 1.54) is 0 Å². The highest BCUT2D eigenvalue weighted by Crippen LogP contribution is 2.19. The van der Waals surface area contributed by atoms with Gasteiger partial charge in [0, 0.05) is 11.8 Å². The van der Waals surface area contributed by atoms with E-state index in [-0.39, 0.29) is 0 Å². The van der Waals surface area contributed by atoms with E-state index in [4.69, 9.17) is 10.2 Å². The summed E-state index contributed by atoms with van der Waals surface area (Å²) in [4.78, 5) is 4.06. The summed E-state index contributed by atoms with van der Waals surface area (Å²) in [6.07, 6.45) is 2.49. The lowest BCUT2D eigenvalue weighted by Gasteiger charge is -1.88. The van der Waals surface area contributed by atoms with Gasteiger partial charge in [-0.1, -0.05) is 6.92 Å². The van der Waals surface area contributed by atoms with Crippen molar-refractivity contribution in [1.82, 2.24) is 4.98 Å². The maximum Gasteiger partial charge on any atom is 0.226 e. The second-order valence-electron chi connectivity index (χ2n) is 2.73. The molecule has 0 saturated heterocycles. The van der Waals surface area contributed by atoms with Gasteiger partial charge in [-0.05, 0) is 12.1 Å². The van der Waals surface area contributed by atoms with Gasteiger partial charge < -0.3 is 10.2 Å². The number of nitrogen functional groups attached to an aromatic ring is 1. The molecule has 2 N–H and O–H groups in total. The first-order valence-corrected chi connectivity index (χ1v) is 3.93. The lowest BCUT2D eigenvalue weighted by Crippen LogP contribution is -1.84. The number of rotatable bonds is 1. The first-order chi connectivity index (χ1) is 5.79. The van der Waals surface area contributed by atoms with Crippen molar-refractivity contribution in [2.45, 2.75) is 13.3 Å². The lowest BCUT2D eigenvalue weighted by atomic mass is 10.3. The van der Waals surface area contributed by atoms with Crippen LogP contribution in [0.5, 0.6) is 0 Å². The predicted octanol–water partition coefficient (Wildman–Crippen LogP) is 1.97. The largest absolute Gasteiger partial charge is 0.443 e. The number of hydrogen-bond acceptors (Lipinski definition) is 3. The number of aryl methyl sites for hydroxylation is 1. The molecule has 0 aliphatic rings. The molecule has 2 heterocycles. The monoisotopic (exact) mass is 162 g/mol. The molecule has 0 aliphatic heterocycles. The molecule has 0 aromatic carbocycles. The van der Waals surface area contributed by atoms with Gasteiger partial charge in [-0.3, -0.25) is 0 Å². The highest BCUT2D eigenvalue weighted by atomic mass is 16.3. The van der Waals surface area contributed by atoms with Crippen LogP contribution in [0.2, 0.25) is 0 Å². The summed E-state index contributed by atoms with van der Waals surface area (Å²) in [6.45, 7) is 2.04. The summed E-state index contributed by atoms with van der Waals surface area (Å²) < 4.78 is 5.41. The van der Waals surface area contributed by atoms with Crippen LogP contribution in [-0.4, -0.2) is 4.98 Å². The molecule has 2 aromatic rings. The summed E-state index contributed by atoms with van der Waals surface area (Å²) in [7, 11) is 0. The molecule has 0 unspecified atom stereocenters. The van der Waals surface area contributed by atoms with Crippen molar-refractivity contribution in [2.24, 2.45) is 0 Å². The van der Waals surface area contributed by atoms with Crippen LogP contribution in [0, 0.1) is 0 Å². The molecule has 0 fully saturated rings. The third-order valence-corrected chi connectivity index (χ3v) is 1.79. The van der Waals surface area contributed by atoms with Gasteiger partial charge in [0.2, 0.25) is 5.71 Å². The minimum absolute atomic E-state index is 0.668. The fourth-order valence-electron chi connectivity index (χ4n) is 1.18. The van der Waals surface area contributed by atoms with Crippen LogP contribution in [-0.2, 0) is 6.42 Å². The maximum atomic E-state index is 5.57. The van der Waals surface area contributed by atoms with Gasteiger partial charge in [0.25, 0.3) is 0 Å². The molecule has 3 heteroatoms. The van der Waals surface area contributed by atoms with E-state index in [0.29, 0.717) is 11.4 Å². The third-order valence-electron chi connectivity index (χ3n) is 1.79. The third kappa shape index (κ3) is 1.03. The topological polar surface area (TPSA) is 52.0 Å². The molecule has 0 aliphatic carbocycles. The quantitative estimate of drug-likeness (QED) is 0.697. The number of nitrogens with zero attached hydrogens (tertiary/aromatic N) is 1. The zero-order valence-electron chi connectivity index (χ0n) is 6.87. The van der Waals surface area contributed by atoms with Crippen LogP contribution >= 0.6 is 0 Å². The standard InChI is InChI=1S/C9H10N2O/c1-2-8-4-6-3-7(10)5-11-9(6)12-8/h3-5H,2,10H2,1H3. The van der Waals surface area contributed by atoms with E-state index >= 15 is 0 Å². The van der Waals surface area contributed by atoms with Gasteiger partial charge in [0.15, 0.2) is 0 Å². The van der Waals surface area contributed by atoms with Gasteiger partial charge in [-0.15, -0.1) is 0 Å². The molecule has 0 amide bonds. The molecule has 3 nitrogen and oxygen atoms in total. The fraction of sp³-hybridized carbons (Fsp3) is 0.222. The Bertz CT molecular complexity index is 406. The van der Waals surface area contributed by atoms with Crippen molar-refractivity contribution in [3.8, 4) is 0 Å². The molecule has 0 saturated carbocycles. The van der Waals surface area contributed by atoms with Crippen LogP contribution in [0.3, 0.4) is 0 Å². The Morgan fingerprint density at radius 1 is 1.50 bits per heavy atom. The Hall–Kier alpha value is -1.51. The Morgan fingerprint density at radius 3 is 3.08 bits per heavy atom. The van der Waals surface area contributed by atoms with Crippen molar-refractivity contribution in [2.75, 3.05) is 5.73 Å². The van der Waals surface area contributed by atoms with Crippen molar-refractivity contribution in [3.63, 3.8) is 0 Å². The van der Waals surface area contributed by atoms with Gasteiger partial charge in [-0.25, -0.2) is 4.98 Å². The number of hydrogen-bond donors (Lipinski definition) is 1. The number of anilines is 1. The van der Waals surface area contributed by atoms with E-state index in [0.717, 1.165) is 17.6 Å². The van der Waals surface area contributed by atoms with E-state index < -0.39 is 0 Å². The van der Waals surface area contributed by atoms with Gasteiger partial charge in [-0.2, -0.15) is 0 Å². The molecular weight excluding hydrogens is 152 g/mol. The number of pyridine rings is 1. The Morgan fingerprint density at radius 2 is 2.33 bits per heavy atom. The molecule has 2 rings (SSSR count). The summed E-state index contributed by atoms with van der Waals surface area (Å²) in [5.74, 6) is 0.947. The van der Waals surface area contributed by atoms with E-state index in [9.17, 15) is 0 Å². The van der Waals surface area contributed by atoms with Crippen molar-refractivity contribution in [3.05, 3.63) is 24.1 Å². The van der Waals surface area contributed by atoms with Crippen LogP contribution in [0.25, 0.3) is 11.1 Å². The molecule has 12 heavy (non-hydrogen) atoms. The molecule has 0 atom stereocenters. The minimum atomic E-state index is 0.668. The number of nitrogens with two attached hydrogens (primary N) is 1. The Kier molecular flexibility index (Phi) is 1.50. The summed E-state index contributed by atoms with van der Waals surface area (Å²) in [5, 5.41) is 0.979. The average molecular weight is 162 g/mol. The highest BCUT2D eigenvalue weighted by Gasteiger charge is 2.02. The Labute approximate surface area is 70.2 Å². The average Bonchev–Trinajstić information content (AvgIpc) is 2.46. The number of furan rings is 1. The second kappa shape index (κ2) is 2.52. The first kappa shape index (κ1) is 7.16. The van der Waals surface area contributed by atoms with Crippen LogP contribution < -0.4 is 5.73 Å². The fourth-order valence-corrected chi connectivity index (χ4v) is 1.18. The van der Waals surface area contributed by atoms with Crippen LogP contribution in [0.4, 0.5) is 5.69 Å². The zero-order chi connectivity index (χ0) is 8.55. The van der Waals surface area contributed by atoms with Crippen LogP contribution in [0.15, 0.2) is 22.7 Å². The lowest BCUT2D eigenvalue weighted by molar-refractivity contribution is 0.547.